The highest BCUT2D eigenvalue weighted by atomic mass is 32.1. The van der Waals surface area contributed by atoms with E-state index >= 15 is 0 Å². The number of amidine groups is 1. The van der Waals surface area contributed by atoms with Gasteiger partial charge in [0.1, 0.15) is 0 Å². The maximum atomic E-state index is 12.8. The lowest BCUT2D eigenvalue weighted by atomic mass is 10.0. The maximum absolute atomic E-state index is 12.8. The third-order valence-corrected chi connectivity index (χ3v) is 5.85. The standard InChI is InChI=1S/C23H18N4O5S/c1-27-20(26-17(22(30)31)18(28)21(27)29)19-16(11-12-33-19)25-23(32)24-15-10-6-5-9-14(15)13-7-3-2-4-8-13/h2-12,17H,1H3,(H,30,31)(H2,24,25,32). The van der Waals surface area contributed by atoms with Crippen molar-refractivity contribution in [1.29, 1.82) is 0 Å². The van der Waals surface area contributed by atoms with Crippen molar-refractivity contribution >= 4 is 52.2 Å². The van der Waals surface area contributed by atoms with Gasteiger partial charge in [-0.25, -0.2) is 14.6 Å². The number of ketones is 1. The molecule has 0 radical (unpaired) electrons. The monoisotopic (exact) mass is 462 g/mol. The van der Waals surface area contributed by atoms with Gasteiger partial charge in [-0.05, 0) is 23.1 Å². The molecule has 0 aliphatic carbocycles. The number of carbonyl (C=O) groups is 4. The summed E-state index contributed by atoms with van der Waals surface area (Å²) >= 11 is 1.15. The molecule has 2 aromatic carbocycles. The van der Waals surface area contributed by atoms with Crippen molar-refractivity contribution < 1.29 is 24.3 Å². The normalized spacial score (nSPS) is 15.7. The second kappa shape index (κ2) is 9.05. The Balaban J connectivity index is 1.59. The first-order chi connectivity index (χ1) is 15.9. The Morgan fingerprint density at radius 3 is 2.36 bits per heavy atom. The minimum atomic E-state index is -1.81. The van der Waals surface area contributed by atoms with E-state index in [1.807, 2.05) is 42.5 Å². The summed E-state index contributed by atoms with van der Waals surface area (Å²) in [5.74, 6) is -3.61. The number of carboxylic acid groups (broad SMARTS) is 1. The first-order valence-corrected chi connectivity index (χ1v) is 10.7. The number of urea groups is 1. The molecule has 3 aromatic rings. The lowest BCUT2D eigenvalue weighted by molar-refractivity contribution is -0.149. The summed E-state index contributed by atoms with van der Waals surface area (Å²) < 4.78 is 0. The number of nitrogens with zero attached hydrogens (tertiary/aromatic N) is 2. The Hall–Kier alpha value is -4.31. The molecule has 33 heavy (non-hydrogen) atoms. The summed E-state index contributed by atoms with van der Waals surface area (Å²) in [6, 6.07) is 16.2. The molecule has 1 atom stereocenters. The van der Waals surface area contributed by atoms with Crippen LogP contribution in [0, 0.1) is 0 Å². The van der Waals surface area contributed by atoms with Crippen molar-refractivity contribution in [3.05, 3.63) is 70.9 Å². The number of aliphatic carboxylic acids is 1. The van der Waals surface area contributed by atoms with Gasteiger partial charge in [0.15, 0.2) is 5.84 Å². The van der Waals surface area contributed by atoms with Crippen molar-refractivity contribution in [3.8, 4) is 11.1 Å². The van der Waals surface area contributed by atoms with Crippen LogP contribution in [-0.2, 0) is 14.4 Å². The molecular formula is C23H18N4O5S. The number of benzene rings is 2. The zero-order valence-electron chi connectivity index (χ0n) is 17.3. The molecule has 9 nitrogen and oxygen atoms in total. The number of rotatable bonds is 5. The van der Waals surface area contributed by atoms with Gasteiger partial charge in [0.25, 0.3) is 11.7 Å². The number of Topliss-reactive ketones (excluding diaryl/α,β-unsaturated/α-hetero) is 1. The topological polar surface area (TPSA) is 128 Å². The number of amides is 3. The molecule has 10 heteroatoms. The van der Waals surface area contributed by atoms with Crippen LogP contribution in [-0.4, -0.2) is 52.6 Å². The third-order valence-electron chi connectivity index (χ3n) is 4.94. The molecule has 0 bridgehead atoms. The maximum Gasteiger partial charge on any atom is 0.336 e. The number of nitrogens with one attached hydrogen (secondary N) is 2. The minimum absolute atomic E-state index is 0.00184. The largest absolute Gasteiger partial charge is 0.479 e. The second-order valence-corrected chi connectivity index (χ2v) is 7.99. The molecule has 1 aliphatic heterocycles. The average Bonchev–Trinajstić information content (AvgIpc) is 3.26. The molecule has 0 spiro atoms. The van der Waals surface area contributed by atoms with E-state index in [1.54, 1.807) is 23.6 Å². The van der Waals surface area contributed by atoms with Gasteiger partial charge >= 0.3 is 12.0 Å². The smallest absolute Gasteiger partial charge is 0.336 e. The van der Waals surface area contributed by atoms with Gasteiger partial charge in [0.05, 0.1) is 16.3 Å². The number of likely N-dealkylation sites (N-methyl/N-ethyl adjacent to an activating group) is 1. The van der Waals surface area contributed by atoms with Crippen molar-refractivity contribution in [2.45, 2.75) is 6.04 Å². The van der Waals surface area contributed by atoms with Crippen LogP contribution in [0.5, 0.6) is 0 Å². The van der Waals surface area contributed by atoms with Gasteiger partial charge in [-0.15, -0.1) is 11.3 Å². The Morgan fingerprint density at radius 2 is 1.64 bits per heavy atom. The Morgan fingerprint density at radius 1 is 0.970 bits per heavy atom. The van der Waals surface area contributed by atoms with Crippen molar-refractivity contribution in [1.82, 2.24) is 4.90 Å². The Labute approximate surface area is 192 Å². The van der Waals surface area contributed by atoms with E-state index < -0.39 is 29.7 Å². The number of carboxylic acids is 1. The molecule has 0 saturated carbocycles. The van der Waals surface area contributed by atoms with Crippen molar-refractivity contribution in [2.24, 2.45) is 4.99 Å². The Kier molecular flexibility index (Phi) is 6.01. The van der Waals surface area contributed by atoms with E-state index in [-0.39, 0.29) is 5.84 Å². The predicted octanol–water partition coefficient (Wildman–Crippen LogP) is 3.30. The van der Waals surface area contributed by atoms with E-state index in [1.165, 1.54) is 7.05 Å². The van der Waals surface area contributed by atoms with Crippen LogP contribution >= 0.6 is 11.3 Å². The number of carbonyl (C=O) groups excluding carboxylic acids is 3. The van der Waals surface area contributed by atoms with Gasteiger partial charge in [0.2, 0.25) is 6.04 Å². The summed E-state index contributed by atoms with van der Waals surface area (Å²) in [5.41, 5.74) is 2.69. The second-order valence-electron chi connectivity index (χ2n) is 7.08. The summed E-state index contributed by atoms with van der Waals surface area (Å²) in [4.78, 5) is 53.6. The molecule has 4 rings (SSSR count). The van der Waals surface area contributed by atoms with Crippen LogP contribution in [0.4, 0.5) is 16.2 Å². The summed E-state index contributed by atoms with van der Waals surface area (Å²) in [7, 11) is 1.33. The van der Waals surface area contributed by atoms with Gasteiger partial charge < -0.3 is 15.7 Å². The fourth-order valence-corrected chi connectivity index (χ4v) is 4.22. The highest BCUT2D eigenvalue weighted by Gasteiger charge is 2.40. The van der Waals surface area contributed by atoms with Crippen LogP contribution in [0.15, 0.2) is 71.0 Å². The Bertz CT molecular complexity index is 1280. The molecule has 2 heterocycles. The van der Waals surface area contributed by atoms with E-state index in [9.17, 15) is 24.3 Å². The molecule has 1 unspecified atom stereocenters. The van der Waals surface area contributed by atoms with Crippen molar-refractivity contribution in [3.63, 3.8) is 0 Å². The quantitative estimate of drug-likeness (QED) is 0.396. The summed E-state index contributed by atoms with van der Waals surface area (Å²) in [5, 5.41) is 16.4. The lowest BCUT2D eigenvalue weighted by Gasteiger charge is -2.25. The number of thiophene rings is 1. The lowest BCUT2D eigenvalue weighted by Crippen LogP contribution is -2.50. The van der Waals surface area contributed by atoms with Gasteiger partial charge in [-0.3, -0.25) is 14.5 Å². The van der Waals surface area contributed by atoms with Crippen LogP contribution in [0.25, 0.3) is 11.1 Å². The molecule has 1 aromatic heterocycles. The number of para-hydroxylation sites is 1. The summed E-state index contributed by atoms with van der Waals surface area (Å²) in [6.07, 6.45) is 0. The fourth-order valence-electron chi connectivity index (χ4n) is 3.34. The predicted molar refractivity (Wildman–Crippen MR) is 125 cm³/mol. The SMILES string of the molecule is CN1C(=O)C(=O)C(C(=O)O)N=C1c1sccc1NC(=O)Nc1ccccc1-c1ccccc1. The highest BCUT2D eigenvalue weighted by Crippen LogP contribution is 2.29. The highest BCUT2D eigenvalue weighted by molar-refractivity contribution is 7.12. The van der Waals surface area contributed by atoms with E-state index in [4.69, 9.17) is 0 Å². The number of anilines is 2. The summed E-state index contributed by atoms with van der Waals surface area (Å²) in [6.45, 7) is 0. The number of aliphatic imine (C=N–C) groups is 1. The van der Waals surface area contributed by atoms with Gasteiger partial charge in [-0.1, -0.05) is 48.5 Å². The molecule has 3 N–H and O–H groups in total. The molecule has 0 saturated heterocycles. The van der Waals surface area contributed by atoms with Crippen molar-refractivity contribution in [2.75, 3.05) is 17.7 Å². The van der Waals surface area contributed by atoms with Gasteiger partial charge in [0, 0.05) is 12.6 Å². The van der Waals surface area contributed by atoms with Gasteiger partial charge in [-0.2, -0.15) is 0 Å². The first-order valence-electron chi connectivity index (χ1n) is 9.79. The molecule has 1 aliphatic rings. The molecular weight excluding hydrogens is 444 g/mol. The minimum Gasteiger partial charge on any atom is -0.479 e. The zero-order valence-corrected chi connectivity index (χ0v) is 18.1. The van der Waals surface area contributed by atoms with Crippen LogP contribution in [0.2, 0.25) is 0 Å². The third kappa shape index (κ3) is 4.37. The molecule has 0 fully saturated rings. The average molecular weight is 462 g/mol. The number of hydrogen-bond donors (Lipinski definition) is 3. The molecule has 166 valence electrons. The van der Waals surface area contributed by atoms with Crippen LogP contribution < -0.4 is 10.6 Å². The fraction of sp³-hybridized carbons (Fsp3) is 0.0870. The van der Waals surface area contributed by atoms with E-state index in [0.717, 1.165) is 27.4 Å². The first kappa shape index (κ1) is 21.9. The van der Waals surface area contributed by atoms with E-state index in [0.29, 0.717) is 16.3 Å². The van der Waals surface area contributed by atoms with Crippen LogP contribution in [0.1, 0.15) is 4.88 Å². The molecule has 3 amide bonds. The van der Waals surface area contributed by atoms with Crippen LogP contribution in [0.3, 0.4) is 0 Å². The number of hydrogen-bond acceptors (Lipinski definition) is 6. The zero-order chi connectivity index (χ0) is 23.5. The van der Waals surface area contributed by atoms with E-state index in [2.05, 4.69) is 15.6 Å².